The van der Waals surface area contributed by atoms with Crippen LogP contribution in [-0.4, -0.2) is 0 Å². The average Bonchev–Trinajstić information content (AvgIpc) is 2.30. The number of para-hydroxylation sites is 1. The Hall–Kier alpha value is -2.03. The Morgan fingerprint density at radius 1 is 1.06 bits per heavy atom. The van der Waals surface area contributed by atoms with Crippen molar-refractivity contribution in [2.75, 3.05) is 11.1 Å². The summed E-state index contributed by atoms with van der Waals surface area (Å²) in [7, 11) is 0. The number of hydrogen-bond donors (Lipinski definition) is 2. The molecule has 0 aliphatic carbocycles. The Kier molecular flexibility index (Phi) is 3.00. The number of aryl methyl sites for hydroxylation is 2. The molecule has 0 atom stereocenters. The average molecular weight is 230 g/mol. The topological polar surface area (TPSA) is 38.0 Å². The first-order chi connectivity index (χ1) is 8.08. The van der Waals surface area contributed by atoms with E-state index >= 15 is 0 Å². The third-order valence-electron chi connectivity index (χ3n) is 2.72. The zero-order valence-electron chi connectivity index (χ0n) is 9.92. The van der Waals surface area contributed by atoms with Crippen LogP contribution in [0.2, 0.25) is 0 Å². The molecule has 0 saturated carbocycles. The first-order valence-electron chi connectivity index (χ1n) is 5.46. The Balaban J connectivity index is 2.38. The third kappa shape index (κ3) is 2.38. The summed E-state index contributed by atoms with van der Waals surface area (Å²) < 4.78 is 13.3. The van der Waals surface area contributed by atoms with Gasteiger partial charge < -0.3 is 11.1 Å². The Bertz CT molecular complexity index is 550. The minimum absolute atomic E-state index is 0.147. The summed E-state index contributed by atoms with van der Waals surface area (Å²) in [5, 5.41) is 3.16. The molecule has 0 aliphatic rings. The molecule has 0 bridgehead atoms. The van der Waals surface area contributed by atoms with Crippen molar-refractivity contribution in [3.05, 3.63) is 53.3 Å². The van der Waals surface area contributed by atoms with Gasteiger partial charge >= 0.3 is 0 Å². The van der Waals surface area contributed by atoms with Crippen molar-refractivity contribution in [3.63, 3.8) is 0 Å². The van der Waals surface area contributed by atoms with Crippen molar-refractivity contribution in [1.82, 2.24) is 0 Å². The fourth-order valence-electron chi connectivity index (χ4n) is 1.66. The van der Waals surface area contributed by atoms with Gasteiger partial charge in [-0.1, -0.05) is 18.2 Å². The fraction of sp³-hybridized carbons (Fsp3) is 0.143. The van der Waals surface area contributed by atoms with Crippen LogP contribution in [0.4, 0.5) is 21.5 Å². The van der Waals surface area contributed by atoms with Crippen LogP contribution in [0.1, 0.15) is 11.1 Å². The van der Waals surface area contributed by atoms with Crippen LogP contribution in [0.25, 0.3) is 0 Å². The van der Waals surface area contributed by atoms with Gasteiger partial charge in [0.25, 0.3) is 0 Å². The predicted octanol–water partition coefficient (Wildman–Crippen LogP) is 3.77. The second kappa shape index (κ2) is 4.45. The second-order valence-electron chi connectivity index (χ2n) is 4.14. The van der Waals surface area contributed by atoms with Gasteiger partial charge in [0, 0.05) is 5.69 Å². The highest BCUT2D eigenvalue weighted by Gasteiger charge is 2.05. The van der Waals surface area contributed by atoms with Gasteiger partial charge in [-0.05, 0) is 43.2 Å². The lowest BCUT2D eigenvalue weighted by molar-refractivity contribution is 0.633. The first kappa shape index (κ1) is 11.5. The number of rotatable bonds is 2. The van der Waals surface area contributed by atoms with E-state index < -0.39 is 5.82 Å². The van der Waals surface area contributed by atoms with E-state index in [4.69, 9.17) is 5.73 Å². The lowest BCUT2D eigenvalue weighted by Crippen LogP contribution is -2.00. The molecule has 0 spiro atoms. The molecular weight excluding hydrogens is 215 g/mol. The van der Waals surface area contributed by atoms with Crippen LogP contribution < -0.4 is 11.1 Å². The van der Waals surface area contributed by atoms with E-state index in [9.17, 15) is 4.39 Å². The molecule has 17 heavy (non-hydrogen) atoms. The van der Waals surface area contributed by atoms with Crippen molar-refractivity contribution in [1.29, 1.82) is 0 Å². The van der Waals surface area contributed by atoms with Gasteiger partial charge in [-0.15, -0.1) is 0 Å². The van der Waals surface area contributed by atoms with Gasteiger partial charge in [0.15, 0.2) is 0 Å². The lowest BCUT2D eigenvalue weighted by Gasteiger charge is -2.12. The molecule has 3 heteroatoms. The molecule has 2 nitrogen and oxygen atoms in total. The number of nitrogens with two attached hydrogens (primary N) is 1. The van der Waals surface area contributed by atoms with Gasteiger partial charge in [-0.3, -0.25) is 0 Å². The highest BCUT2D eigenvalue weighted by atomic mass is 19.1. The Morgan fingerprint density at radius 2 is 1.82 bits per heavy atom. The standard InChI is InChI=1S/C14H15FN2/c1-9-6-7-10(2)13(8-9)17-12-5-3-4-11(15)14(12)16/h3-8,17H,16H2,1-2H3. The second-order valence-corrected chi connectivity index (χ2v) is 4.14. The highest BCUT2D eigenvalue weighted by molar-refractivity contribution is 5.74. The number of nitrogen functional groups attached to an aromatic ring is 1. The van der Waals surface area contributed by atoms with Crippen molar-refractivity contribution in [3.8, 4) is 0 Å². The van der Waals surface area contributed by atoms with E-state index in [1.54, 1.807) is 12.1 Å². The van der Waals surface area contributed by atoms with Crippen LogP contribution in [0.15, 0.2) is 36.4 Å². The number of anilines is 3. The molecule has 0 fully saturated rings. The SMILES string of the molecule is Cc1ccc(C)c(Nc2cccc(F)c2N)c1. The predicted molar refractivity (Wildman–Crippen MR) is 70.0 cm³/mol. The molecule has 0 radical (unpaired) electrons. The molecule has 0 heterocycles. The van der Waals surface area contributed by atoms with Crippen molar-refractivity contribution < 1.29 is 4.39 Å². The highest BCUT2D eigenvalue weighted by Crippen LogP contribution is 2.27. The third-order valence-corrected chi connectivity index (χ3v) is 2.72. The Labute approximate surface area is 100 Å². The van der Waals surface area contributed by atoms with E-state index in [-0.39, 0.29) is 5.69 Å². The maximum absolute atomic E-state index is 13.3. The van der Waals surface area contributed by atoms with Crippen LogP contribution in [0.3, 0.4) is 0 Å². The van der Waals surface area contributed by atoms with Crippen molar-refractivity contribution >= 4 is 17.1 Å². The van der Waals surface area contributed by atoms with Gasteiger partial charge in [-0.2, -0.15) is 0 Å². The molecule has 2 rings (SSSR count). The summed E-state index contributed by atoms with van der Waals surface area (Å²) >= 11 is 0. The molecule has 0 amide bonds. The van der Waals surface area contributed by atoms with Crippen LogP contribution in [-0.2, 0) is 0 Å². The maximum Gasteiger partial charge on any atom is 0.148 e. The smallest absolute Gasteiger partial charge is 0.148 e. The number of hydrogen-bond acceptors (Lipinski definition) is 2. The minimum atomic E-state index is -0.402. The number of halogens is 1. The lowest BCUT2D eigenvalue weighted by atomic mass is 10.1. The number of benzene rings is 2. The molecule has 0 aliphatic heterocycles. The van der Waals surface area contributed by atoms with Gasteiger partial charge in [-0.25, -0.2) is 4.39 Å². The largest absolute Gasteiger partial charge is 0.395 e. The first-order valence-corrected chi connectivity index (χ1v) is 5.46. The van der Waals surface area contributed by atoms with Crippen LogP contribution >= 0.6 is 0 Å². The molecule has 0 unspecified atom stereocenters. The van der Waals surface area contributed by atoms with E-state index in [1.807, 2.05) is 32.0 Å². The quantitative estimate of drug-likeness (QED) is 0.771. The zero-order valence-corrected chi connectivity index (χ0v) is 9.92. The van der Waals surface area contributed by atoms with Gasteiger partial charge in [0.05, 0.1) is 11.4 Å². The number of nitrogens with one attached hydrogen (secondary N) is 1. The molecular formula is C14H15FN2. The van der Waals surface area contributed by atoms with Gasteiger partial charge in [0.1, 0.15) is 5.82 Å². The van der Waals surface area contributed by atoms with Crippen molar-refractivity contribution in [2.24, 2.45) is 0 Å². The molecule has 88 valence electrons. The van der Waals surface area contributed by atoms with Crippen LogP contribution in [0.5, 0.6) is 0 Å². The zero-order chi connectivity index (χ0) is 12.4. The van der Waals surface area contributed by atoms with Crippen molar-refractivity contribution in [2.45, 2.75) is 13.8 Å². The summed E-state index contributed by atoms with van der Waals surface area (Å²) in [5.74, 6) is -0.402. The molecule has 0 saturated heterocycles. The molecule has 2 aromatic carbocycles. The van der Waals surface area contributed by atoms with Crippen LogP contribution in [0, 0.1) is 19.7 Å². The molecule has 2 aromatic rings. The fourth-order valence-corrected chi connectivity index (χ4v) is 1.66. The summed E-state index contributed by atoms with van der Waals surface area (Å²) in [6.45, 7) is 4.01. The summed E-state index contributed by atoms with van der Waals surface area (Å²) in [4.78, 5) is 0. The summed E-state index contributed by atoms with van der Waals surface area (Å²) in [6.07, 6.45) is 0. The molecule has 0 aromatic heterocycles. The van der Waals surface area contributed by atoms with E-state index in [1.165, 1.54) is 6.07 Å². The Morgan fingerprint density at radius 3 is 2.59 bits per heavy atom. The summed E-state index contributed by atoms with van der Waals surface area (Å²) in [6, 6.07) is 10.8. The monoisotopic (exact) mass is 230 g/mol. The minimum Gasteiger partial charge on any atom is -0.395 e. The van der Waals surface area contributed by atoms with E-state index in [2.05, 4.69) is 5.32 Å². The maximum atomic E-state index is 13.3. The normalized spacial score (nSPS) is 10.3. The summed E-state index contributed by atoms with van der Waals surface area (Å²) in [5.41, 5.74) is 9.61. The van der Waals surface area contributed by atoms with E-state index in [0.717, 1.165) is 16.8 Å². The van der Waals surface area contributed by atoms with Gasteiger partial charge in [0.2, 0.25) is 0 Å². The molecule has 3 N–H and O–H groups in total. The van der Waals surface area contributed by atoms with E-state index in [0.29, 0.717) is 5.69 Å².